The zero-order valence-electron chi connectivity index (χ0n) is 10.9. The summed E-state index contributed by atoms with van der Waals surface area (Å²) < 4.78 is 0. The maximum Gasteiger partial charge on any atom is 0.312 e. The van der Waals surface area contributed by atoms with Crippen LogP contribution in [0.3, 0.4) is 0 Å². The van der Waals surface area contributed by atoms with Crippen LogP contribution in [0.2, 0.25) is 0 Å². The van der Waals surface area contributed by atoms with E-state index < -0.39 is 17.0 Å². The Hall–Kier alpha value is -0.570. The fourth-order valence-corrected chi connectivity index (χ4v) is 4.32. The summed E-state index contributed by atoms with van der Waals surface area (Å²) in [5, 5.41) is 20.5. The third kappa shape index (κ3) is 1.99. The molecule has 17 heavy (non-hydrogen) atoms. The van der Waals surface area contributed by atoms with Gasteiger partial charge in [0.2, 0.25) is 0 Å². The van der Waals surface area contributed by atoms with Gasteiger partial charge in [-0.25, -0.2) is 0 Å². The van der Waals surface area contributed by atoms with Crippen LogP contribution in [0.1, 0.15) is 58.8 Å². The summed E-state index contributed by atoms with van der Waals surface area (Å²) in [6, 6.07) is 0. The van der Waals surface area contributed by atoms with Gasteiger partial charge in [0, 0.05) is 0 Å². The van der Waals surface area contributed by atoms with Crippen LogP contribution >= 0.6 is 0 Å². The minimum absolute atomic E-state index is 0.402. The van der Waals surface area contributed by atoms with Crippen molar-refractivity contribution in [2.75, 3.05) is 0 Å². The summed E-state index contributed by atoms with van der Waals surface area (Å²) in [4.78, 5) is 11.8. The zero-order chi connectivity index (χ0) is 12.7. The number of carbonyl (C=O) groups is 1. The molecular weight excluding hydrogens is 216 g/mol. The maximum absolute atomic E-state index is 11.8. The second-order valence-corrected chi connectivity index (χ2v) is 6.48. The van der Waals surface area contributed by atoms with E-state index in [1.807, 2.05) is 0 Å². The lowest BCUT2D eigenvalue weighted by molar-refractivity contribution is -0.180. The topological polar surface area (TPSA) is 57.5 Å². The number of rotatable bonds is 2. The molecule has 0 aromatic carbocycles. The van der Waals surface area contributed by atoms with Crippen LogP contribution in [0.5, 0.6) is 0 Å². The quantitative estimate of drug-likeness (QED) is 0.780. The van der Waals surface area contributed by atoms with E-state index >= 15 is 0 Å². The lowest BCUT2D eigenvalue weighted by Gasteiger charge is -2.48. The van der Waals surface area contributed by atoms with Gasteiger partial charge in [-0.15, -0.1) is 0 Å². The van der Waals surface area contributed by atoms with Crippen molar-refractivity contribution in [2.45, 2.75) is 64.4 Å². The summed E-state index contributed by atoms with van der Waals surface area (Å²) in [6.07, 6.45) is 5.64. The van der Waals surface area contributed by atoms with Crippen molar-refractivity contribution in [2.24, 2.45) is 17.3 Å². The Morgan fingerprint density at radius 1 is 1.12 bits per heavy atom. The van der Waals surface area contributed by atoms with E-state index in [9.17, 15) is 15.0 Å². The van der Waals surface area contributed by atoms with E-state index in [1.165, 1.54) is 0 Å². The van der Waals surface area contributed by atoms with Gasteiger partial charge in [0.05, 0.1) is 11.0 Å². The third-order valence-corrected chi connectivity index (χ3v) is 4.93. The largest absolute Gasteiger partial charge is 0.481 e. The van der Waals surface area contributed by atoms with E-state index in [0.717, 1.165) is 19.3 Å². The first kappa shape index (κ1) is 12.9. The lowest BCUT2D eigenvalue weighted by Crippen LogP contribution is -2.55. The van der Waals surface area contributed by atoms with Gasteiger partial charge < -0.3 is 10.2 Å². The Balaban J connectivity index is 2.34. The molecule has 2 unspecified atom stereocenters. The molecule has 2 rings (SSSR count). The highest BCUT2D eigenvalue weighted by Crippen LogP contribution is 2.54. The Labute approximate surface area is 103 Å². The molecule has 0 aliphatic heterocycles. The molecule has 2 fully saturated rings. The van der Waals surface area contributed by atoms with Gasteiger partial charge in [-0.3, -0.25) is 4.79 Å². The highest BCUT2D eigenvalue weighted by Gasteiger charge is 2.58. The van der Waals surface area contributed by atoms with E-state index in [-0.39, 0.29) is 0 Å². The van der Waals surface area contributed by atoms with Crippen molar-refractivity contribution in [1.82, 2.24) is 0 Å². The van der Waals surface area contributed by atoms with Crippen LogP contribution in [0.25, 0.3) is 0 Å². The van der Waals surface area contributed by atoms with Crippen molar-refractivity contribution in [3.05, 3.63) is 0 Å². The number of aliphatic carboxylic acids is 1. The second kappa shape index (κ2) is 4.27. The molecular formula is C14H24O3. The normalized spacial score (nSPS) is 41.4. The summed E-state index contributed by atoms with van der Waals surface area (Å²) >= 11 is 0. The first-order valence-electron chi connectivity index (χ1n) is 6.85. The molecule has 3 nitrogen and oxygen atoms in total. The molecule has 0 radical (unpaired) electrons. The number of carboxylic acids is 1. The predicted molar refractivity (Wildman–Crippen MR) is 65.7 cm³/mol. The van der Waals surface area contributed by atoms with Crippen LogP contribution in [0.4, 0.5) is 0 Å². The molecule has 2 atom stereocenters. The summed E-state index contributed by atoms with van der Waals surface area (Å²) in [6.45, 7) is 4.23. The first-order chi connectivity index (χ1) is 7.90. The molecule has 0 bridgehead atoms. The molecule has 2 N–H and O–H groups in total. The van der Waals surface area contributed by atoms with E-state index in [0.29, 0.717) is 37.5 Å². The summed E-state index contributed by atoms with van der Waals surface area (Å²) in [5.41, 5.74) is -1.84. The van der Waals surface area contributed by atoms with Gasteiger partial charge in [-0.1, -0.05) is 26.7 Å². The maximum atomic E-state index is 11.8. The van der Waals surface area contributed by atoms with Crippen LogP contribution < -0.4 is 0 Å². The molecule has 2 saturated carbocycles. The van der Waals surface area contributed by atoms with Crippen molar-refractivity contribution >= 4 is 5.97 Å². The SMILES string of the molecule is CC1CC(C)CC(C(=O)O)(C2(O)CCCC2)C1. The van der Waals surface area contributed by atoms with Gasteiger partial charge in [-0.2, -0.15) is 0 Å². The minimum Gasteiger partial charge on any atom is -0.481 e. The van der Waals surface area contributed by atoms with E-state index in [4.69, 9.17) is 0 Å². The smallest absolute Gasteiger partial charge is 0.312 e. The Kier molecular flexibility index (Phi) is 3.23. The van der Waals surface area contributed by atoms with E-state index in [2.05, 4.69) is 13.8 Å². The molecule has 98 valence electrons. The predicted octanol–water partition coefficient (Wildman–Crippen LogP) is 2.82. The van der Waals surface area contributed by atoms with Gasteiger partial charge in [-0.05, 0) is 43.9 Å². The molecule has 2 aliphatic rings. The Bertz CT molecular complexity index is 295. The van der Waals surface area contributed by atoms with Crippen LogP contribution in [-0.4, -0.2) is 21.8 Å². The molecule has 2 aliphatic carbocycles. The first-order valence-corrected chi connectivity index (χ1v) is 6.85. The molecule has 0 aromatic heterocycles. The average molecular weight is 240 g/mol. The molecule has 0 saturated heterocycles. The monoisotopic (exact) mass is 240 g/mol. The summed E-state index contributed by atoms with van der Waals surface area (Å²) in [5.74, 6) is 0.0271. The van der Waals surface area contributed by atoms with Gasteiger partial charge in [0.25, 0.3) is 0 Å². The van der Waals surface area contributed by atoms with Crippen molar-refractivity contribution in [3.63, 3.8) is 0 Å². The lowest BCUT2D eigenvalue weighted by atomic mass is 9.58. The number of carboxylic acid groups (broad SMARTS) is 1. The van der Waals surface area contributed by atoms with Gasteiger partial charge in [0.15, 0.2) is 0 Å². The highest BCUT2D eigenvalue weighted by molar-refractivity contribution is 5.76. The fraction of sp³-hybridized carbons (Fsp3) is 0.929. The van der Waals surface area contributed by atoms with Crippen molar-refractivity contribution < 1.29 is 15.0 Å². The number of hydrogen-bond donors (Lipinski definition) is 2. The third-order valence-electron chi connectivity index (χ3n) is 4.93. The second-order valence-electron chi connectivity index (χ2n) is 6.48. The zero-order valence-corrected chi connectivity index (χ0v) is 10.9. The van der Waals surface area contributed by atoms with E-state index in [1.54, 1.807) is 0 Å². The van der Waals surface area contributed by atoms with Crippen LogP contribution in [0.15, 0.2) is 0 Å². The van der Waals surface area contributed by atoms with Crippen LogP contribution in [0, 0.1) is 17.3 Å². The molecule has 0 aromatic rings. The van der Waals surface area contributed by atoms with Crippen LogP contribution in [-0.2, 0) is 4.79 Å². The number of aliphatic hydroxyl groups is 1. The fourth-order valence-electron chi connectivity index (χ4n) is 4.32. The molecule has 0 spiro atoms. The van der Waals surface area contributed by atoms with Crippen molar-refractivity contribution in [3.8, 4) is 0 Å². The standard InChI is InChI=1S/C14H24O3/c1-10-7-11(2)9-13(8-10,12(15)16)14(17)5-3-4-6-14/h10-11,17H,3-9H2,1-2H3,(H,15,16). The van der Waals surface area contributed by atoms with Gasteiger partial charge in [0.1, 0.15) is 0 Å². The molecule has 0 amide bonds. The highest BCUT2D eigenvalue weighted by atomic mass is 16.4. The summed E-state index contributed by atoms with van der Waals surface area (Å²) in [7, 11) is 0. The number of hydrogen-bond acceptors (Lipinski definition) is 2. The Morgan fingerprint density at radius 2 is 1.59 bits per heavy atom. The van der Waals surface area contributed by atoms with Gasteiger partial charge >= 0.3 is 5.97 Å². The average Bonchev–Trinajstić information content (AvgIpc) is 2.64. The Morgan fingerprint density at radius 3 is 2.00 bits per heavy atom. The molecule has 3 heteroatoms. The van der Waals surface area contributed by atoms with Crippen molar-refractivity contribution in [1.29, 1.82) is 0 Å². The molecule has 0 heterocycles. The minimum atomic E-state index is -0.957.